The van der Waals surface area contributed by atoms with E-state index in [1.165, 1.54) is 5.57 Å². The number of hydrogen-bond donors (Lipinski definition) is 2. The third kappa shape index (κ3) is 5.35. The summed E-state index contributed by atoms with van der Waals surface area (Å²) >= 11 is 0. The first-order chi connectivity index (χ1) is 9.95. The molecule has 22 heavy (non-hydrogen) atoms. The van der Waals surface area contributed by atoms with E-state index < -0.39 is 11.7 Å². The van der Waals surface area contributed by atoms with Crippen molar-refractivity contribution in [3.8, 4) is 0 Å². The quantitative estimate of drug-likeness (QED) is 0.606. The molecule has 1 aliphatic rings. The molecule has 0 aromatic heterocycles. The van der Waals surface area contributed by atoms with Gasteiger partial charge in [-0.05, 0) is 46.0 Å². The molecule has 0 radical (unpaired) electrons. The van der Waals surface area contributed by atoms with Gasteiger partial charge in [0.1, 0.15) is 5.60 Å². The summed E-state index contributed by atoms with van der Waals surface area (Å²) in [6.07, 6.45) is 1.71. The summed E-state index contributed by atoms with van der Waals surface area (Å²) in [4.78, 5) is 23.7. The lowest BCUT2D eigenvalue weighted by atomic mass is 10.1. The minimum Gasteiger partial charge on any atom is -0.444 e. The van der Waals surface area contributed by atoms with Crippen molar-refractivity contribution in [1.29, 1.82) is 0 Å². The van der Waals surface area contributed by atoms with Gasteiger partial charge in [0.25, 0.3) is 0 Å². The topological polar surface area (TPSA) is 67.4 Å². The van der Waals surface area contributed by atoms with Crippen LogP contribution in [0.1, 0.15) is 48.5 Å². The predicted molar refractivity (Wildman–Crippen MR) is 87.4 cm³/mol. The van der Waals surface area contributed by atoms with Crippen LogP contribution in [0.3, 0.4) is 0 Å². The molecule has 2 N–H and O–H groups in total. The molecule has 0 saturated heterocycles. The van der Waals surface area contributed by atoms with Gasteiger partial charge in [-0.3, -0.25) is 4.79 Å². The molecule has 0 aromatic carbocycles. The van der Waals surface area contributed by atoms with E-state index in [1.54, 1.807) is 0 Å². The Labute approximate surface area is 133 Å². The van der Waals surface area contributed by atoms with E-state index in [0.717, 1.165) is 0 Å². The Morgan fingerprint density at radius 3 is 2.18 bits per heavy atom. The van der Waals surface area contributed by atoms with Crippen LogP contribution in [0.15, 0.2) is 11.6 Å². The van der Waals surface area contributed by atoms with Gasteiger partial charge in [0.2, 0.25) is 5.91 Å². The molecule has 0 heterocycles. The van der Waals surface area contributed by atoms with Crippen LogP contribution < -0.4 is 10.6 Å². The molecule has 1 rings (SSSR count). The third-order valence-corrected chi connectivity index (χ3v) is 3.80. The molecule has 0 spiro atoms. The van der Waals surface area contributed by atoms with Crippen LogP contribution in [-0.4, -0.2) is 30.7 Å². The summed E-state index contributed by atoms with van der Waals surface area (Å²) in [6.45, 7) is 14.5. The van der Waals surface area contributed by atoms with Crippen molar-refractivity contribution in [2.24, 2.45) is 17.3 Å². The summed E-state index contributed by atoms with van der Waals surface area (Å²) in [6, 6.07) is 0. The number of allylic oxidation sites excluding steroid dienone is 2. The average molecular weight is 310 g/mol. The Hall–Kier alpha value is -1.52. The van der Waals surface area contributed by atoms with Crippen LogP contribution in [0.2, 0.25) is 0 Å². The number of carbonyl (C=O) groups excluding carboxylic acids is 2. The summed E-state index contributed by atoms with van der Waals surface area (Å²) in [7, 11) is 0. The lowest BCUT2D eigenvalue weighted by Crippen LogP contribution is -2.38. The van der Waals surface area contributed by atoms with Crippen molar-refractivity contribution in [3.63, 3.8) is 0 Å². The van der Waals surface area contributed by atoms with Gasteiger partial charge in [-0.2, -0.15) is 0 Å². The molecule has 1 aliphatic carbocycles. The number of carbonyl (C=O) groups is 2. The van der Waals surface area contributed by atoms with Crippen LogP contribution in [0.5, 0.6) is 0 Å². The lowest BCUT2D eigenvalue weighted by Gasteiger charge is -2.19. The molecule has 1 fully saturated rings. The molecule has 2 amide bonds. The van der Waals surface area contributed by atoms with E-state index in [-0.39, 0.29) is 17.2 Å². The highest BCUT2D eigenvalue weighted by Crippen LogP contribution is 2.59. The van der Waals surface area contributed by atoms with Crippen LogP contribution in [0, 0.1) is 17.3 Å². The zero-order valence-electron chi connectivity index (χ0n) is 14.9. The summed E-state index contributed by atoms with van der Waals surface area (Å²) in [5.41, 5.74) is 0.739. The Kier molecular flexibility index (Phi) is 5.65. The van der Waals surface area contributed by atoms with Crippen molar-refractivity contribution >= 4 is 12.0 Å². The van der Waals surface area contributed by atoms with Gasteiger partial charge in [-0.25, -0.2) is 4.79 Å². The first-order valence-corrected chi connectivity index (χ1v) is 7.84. The van der Waals surface area contributed by atoms with Gasteiger partial charge in [-0.1, -0.05) is 25.5 Å². The number of nitrogens with one attached hydrogen (secondary N) is 2. The van der Waals surface area contributed by atoms with Crippen LogP contribution in [-0.2, 0) is 9.53 Å². The zero-order valence-corrected chi connectivity index (χ0v) is 14.9. The minimum atomic E-state index is -0.511. The maximum atomic E-state index is 12.2. The van der Waals surface area contributed by atoms with E-state index in [1.807, 2.05) is 34.6 Å². The molecule has 1 saturated carbocycles. The maximum absolute atomic E-state index is 12.2. The monoisotopic (exact) mass is 310 g/mol. The van der Waals surface area contributed by atoms with Gasteiger partial charge in [0, 0.05) is 13.1 Å². The van der Waals surface area contributed by atoms with Gasteiger partial charge >= 0.3 is 6.09 Å². The highest BCUT2D eigenvalue weighted by Gasteiger charge is 2.60. The number of ether oxygens (including phenoxy) is 1. The maximum Gasteiger partial charge on any atom is 0.407 e. The van der Waals surface area contributed by atoms with Crippen LogP contribution in [0.25, 0.3) is 0 Å². The molecule has 0 aromatic rings. The predicted octanol–water partition coefficient (Wildman–Crippen LogP) is 2.87. The third-order valence-electron chi connectivity index (χ3n) is 3.80. The average Bonchev–Trinajstić information content (AvgIpc) is 2.83. The molecule has 0 bridgehead atoms. The molecular weight excluding hydrogens is 280 g/mol. The van der Waals surface area contributed by atoms with Gasteiger partial charge in [-0.15, -0.1) is 0 Å². The van der Waals surface area contributed by atoms with E-state index in [2.05, 4.69) is 30.6 Å². The standard InChI is InChI=1S/C17H30N2O3/c1-11(2)10-12-13(17(12,6)7)14(20)18-8-9-19-15(21)22-16(3,4)5/h10,12-13H,8-9H2,1-7H3,(H,18,20)(H,19,21)/t12-,13-/m1/s1. The fourth-order valence-corrected chi connectivity index (χ4v) is 2.62. The summed E-state index contributed by atoms with van der Waals surface area (Å²) in [5.74, 6) is 0.374. The van der Waals surface area contributed by atoms with Gasteiger partial charge in [0.15, 0.2) is 0 Å². The number of rotatable bonds is 5. The first kappa shape index (κ1) is 18.5. The molecule has 5 heteroatoms. The number of hydrogen-bond acceptors (Lipinski definition) is 3. The normalized spacial score (nSPS) is 22.5. The Bertz CT molecular complexity index is 457. The minimum absolute atomic E-state index is 0.0138. The fraction of sp³-hybridized carbons (Fsp3) is 0.765. The second kappa shape index (κ2) is 6.71. The Morgan fingerprint density at radius 1 is 1.14 bits per heavy atom. The molecule has 0 unspecified atom stereocenters. The van der Waals surface area contributed by atoms with Crippen molar-refractivity contribution in [1.82, 2.24) is 10.6 Å². The smallest absolute Gasteiger partial charge is 0.407 e. The summed E-state index contributed by atoms with van der Waals surface area (Å²) in [5, 5.41) is 5.51. The van der Waals surface area contributed by atoms with E-state index in [0.29, 0.717) is 19.0 Å². The largest absolute Gasteiger partial charge is 0.444 e. The van der Waals surface area contributed by atoms with Crippen LogP contribution in [0.4, 0.5) is 4.79 Å². The lowest BCUT2D eigenvalue weighted by molar-refractivity contribution is -0.123. The van der Waals surface area contributed by atoms with Gasteiger partial charge in [0.05, 0.1) is 5.92 Å². The van der Waals surface area contributed by atoms with Crippen LogP contribution >= 0.6 is 0 Å². The molecule has 126 valence electrons. The first-order valence-electron chi connectivity index (χ1n) is 7.84. The second-order valence-corrected chi connectivity index (χ2v) is 7.79. The van der Waals surface area contributed by atoms with E-state index in [9.17, 15) is 9.59 Å². The SMILES string of the molecule is CC(C)=C[C@@H]1[C@H](C(=O)NCCNC(=O)OC(C)(C)C)C1(C)C. The molecule has 2 atom stereocenters. The fourth-order valence-electron chi connectivity index (χ4n) is 2.62. The number of alkyl carbamates (subject to hydrolysis) is 1. The van der Waals surface area contributed by atoms with E-state index in [4.69, 9.17) is 4.74 Å². The van der Waals surface area contributed by atoms with Gasteiger partial charge < -0.3 is 15.4 Å². The van der Waals surface area contributed by atoms with Crippen molar-refractivity contribution in [2.75, 3.05) is 13.1 Å². The zero-order chi connectivity index (χ0) is 17.1. The molecular formula is C17H30N2O3. The van der Waals surface area contributed by atoms with Crippen molar-refractivity contribution in [2.45, 2.75) is 54.1 Å². The van der Waals surface area contributed by atoms with E-state index >= 15 is 0 Å². The molecule has 0 aliphatic heterocycles. The highest BCUT2D eigenvalue weighted by molar-refractivity contribution is 5.83. The van der Waals surface area contributed by atoms with Crippen molar-refractivity contribution in [3.05, 3.63) is 11.6 Å². The molecule has 5 nitrogen and oxygen atoms in total. The second-order valence-electron chi connectivity index (χ2n) is 7.79. The Balaban J connectivity index is 2.31. The summed E-state index contributed by atoms with van der Waals surface area (Å²) < 4.78 is 5.13. The number of amides is 2. The van der Waals surface area contributed by atoms with Crippen molar-refractivity contribution < 1.29 is 14.3 Å². The highest BCUT2D eigenvalue weighted by atomic mass is 16.6. The Morgan fingerprint density at radius 2 is 1.68 bits per heavy atom.